The molecule has 0 N–H and O–H groups in total. The van der Waals surface area contributed by atoms with Crippen LogP contribution in [0.15, 0.2) is 24.3 Å². The van der Waals surface area contributed by atoms with Gasteiger partial charge < -0.3 is 9.47 Å². The van der Waals surface area contributed by atoms with Crippen LogP contribution in [0.5, 0.6) is 5.75 Å². The molecule has 1 aromatic carbocycles. The van der Waals surface area contributed by atoms with Crippen molar-refractivity contribution in [2.75, 3.05) is 33.4 Å². The summed E-state index contributed by atoms with van der Waals surface area (Å²) in [5, 5.41) is 0. The molecule has 0 radical (unpaired) electrons. The van der Waals surface area contributed by atoms with E-state index in [0.29, 0.717) is 4.90 Å². The predicted octanol–water partition coefficient (Wildman–Crippen LogP) is 6.95. The van der Waals surface area contributed by atoms with Crippen LogP contribution in [0.3, 0.4) is 0 Å². The van der Waals surface area contributed by atoms with Crippen LogP contribution in [-0.2, 0) is 11.2 Å². The minimum absolute atomic E-state index is 0.109. The number of methoxy groups -OCH3 is 1. The molecule has 0 aliphatic carbocycles. The minimum atomic E-state index is -8.66. The van der Waals surface area contributed by atoms with Crippen LogP contribution in [0, 0.1) is 0 Å². The minimum Gasteiger partial charge on any atom is -0.497 e. The fourth-order valence-electron chi connectivity index (χ4n) is 3.78. The first-order valence-electron chi connectivity index (χ1n) is 10.9. The van der Waals surface area contributed by atoms with Gasteiger partial charge in [-0.1, -0.05) is 12.1 Å². The van der Waals surface area contributed by atoms with Gasteiger partial charge in [0.1, 0.15) is 5.75 Å². The van der Waals surface area contributed by atoms with Gasteiger partial charge in [-0.3, -0.25) is 4.90 Å². The molecule has 2 rings (SSSR count). The standard InChI is InChI=1S/C21H18F17NO2/c1-40-12-4-2-3-11(9-12)10-13(39-5-7-41-8-6-39)14(22,23)15(24,25)16(26,27)17(28,29)18(30,31)19(32,33)20(34,35)21(36,37)38/h2-4,9,13H,5-8,10H2,1H3. The molecule has 1 aromatic rings. The molecule has 0 bridgehead atoms. The van der Waals surface area contributed by atoms with E-state index in [0.717, 1.165) is 25.3 Å². The number of ether oxygens (including phenoxy) is 2. The molecule has 0 spiro atoms. The first kappa shape index (κ1) is 34.9. The summed E-state index contributed by atoms with van der Waals surface area (Å²) >= 11 is 0. The van der Waals surface area contributed by atoms with Gasteiger partial charge in [0, 0.05) is 13.1 Å². The average molecular weight is 639 g/mol. The van der Waals surface area contributed by atoms with Crippen molar-refractivity contribution in [3.05, 3.63) is 29.8 Å². The maximum absolute atomic E-state index is 15.2. The summed E-state index contributed by atoms with van der Waals surface area (Å²) < 4.78 is 244. The van der Waals surface area contributed by atoms with Crippen LogP contribution in [0.25, 0.3) is 0 Å². The smallest absolute Gasteiger partial charge is 0.460 e. The third-order valence-corrected chi connectivity index (χ3v) is 6.21. The summed E-state index contributed by atoms with van der Waals surface area (Å²) in [4.78, 5) is 0.301. The first-order chi connectivity index (χ1) is 18.3. The SMILES string of the molecule is COc1cccc(CC(N2CCOCC2)C(F)(F)C(F)(F)C(F)(F)C(F)(F)C(F)(F)C(F)(F)C(F)(F)C(F)(F)F)c1. The van der Waals surface area contributed by atoms with Gasteiger partial charge in [0.25, 0.3) is 0 Å². The van der Waals surface area contributed by atoms with Gasteiger partial charge in [0.05, 0.1) is 26.4 Å². The Morgan fingerprint density at radius 3 is 1.56 bits per heavy atom. The Kier molecular flexibility index (Phi) is 9.19. The molecule has 1 unspecified atom stereocenters. The van der Waals surface area contributed by atoms with E-state index in [-0.39, 0.29) is 5.75 Å². The van der Waals surface area contributed by atoms with Crippen molar-refractivity contribution in [3.63, 3.8) is 0 Å². The second-order valence-corrected chi connectivity index (χ2v) is 8.79. The third-order valence-electron chi connectivity index (χ3n) is 6.21. The number of hydrogen-bond acceptors (Lipinski definition) is 3. The number of benzene rings is 1. The molecule has 0 amide bonds. The van der Waals surface area contributed by atoms with Crippen LogP contribution < -0.4 is 4.74 Å². The lowest BCUT2D eigenvalue weighted by Crippen LogP contribution is -2.76. The van der Waals surface area contributed by atoms with Gasteiger partial charge in [-0.2, -0.15) is 74.6 Å². The zero-order chi connectivity index (χ0) is 32.1. The molecule has 1 fully saturated rings. The van der Waals surface area contributed by atoms with E-state index in [1.807, 2.05) is 0 Å². The lowest BCUT2D eigenvalue weighted by atomic mass is 9.85. The molecule has 0 saturated carbocycles. The molecular formula is C21H18F17NO2. The van der Waals surface area contributed by atoms with E-state index in [4.69, 9.17) is 9.47 Å². The Hall–Kier alpha value is -2.25. The van der Waals surface area contributed by atoms with Gasteiger partial charge in [-0.05, 0) is 24.1 Å². The summed E-state index contributed by atoms with van der Waals surface area (Å²) in [7, 11) is 1.06. The van der Waals surface area contributed by atoms with E-state index in [1.54, 1.807) is 0 Å². The van der Waals surface area contributed by atoms with Gasteiger partial charge in [-0.15, -0.1) is 0 Å². The molecule has 238 valence electrons. The Morgan fingerprint density at radius 2 is 1.12 bits per heavy atom. The number of morpholine rings is 1. The molecule has 1 atom stereocenters. The highest BCUT2D eigenvalue weighted by molar-refractivity contribution is 5.30. The van der Waals surface area contributed by atoms with E-state index in [2.05, 4.69) is 0 Å². The second-order valence-electron chi connectivity index (χ2n) is 8.79. The van der Waals surface area contributed by atoms with Crippen LogP contribution >= 0.6 is 0 Å². The highest BCUT2D eigenvalue weighted by Gasteiger charge is 2.95. The molecule has 3 nitrogen and oxygen atoms in total. The molecule has 0 aromatic heterocycles. The highest BCUT2D eigenvalue weighted by atomic mass is 19.4. The summed E-state index contributed by atoms with van der Waals surface area (Å²) in [6, 6.07) is 0.856. The summed E-state index contributed by atoms with van der Waals surface area (Å²) in [5.74, 6) is -56.8. The van der Waals surface area contributed by atoms with Gasteiger partial charge in [-0.25, -0.2) is 0 Å². The quantitative estimate of drug-likeness (QED) is 0.245. The fraction of sp³-hybridized carbons (Fsp3) is 0.714. The monoisotopic (exact) mass is 639 g/mol. The van der Waals surface area contributed by atoms with Crippen molar-refractivity contribution in [3.8, 4) is 5.75 Å². The van der Waals surface area contributed by atoms with E-state index >= 15 is 8.78 Å². The Morgan fingerprint density at radius 1 is 0.683 bits per heavy atom. The molecule has 41 heavy (non-hydrogen) atoms. The zero-order valence-corrected chi connectivity index (χ0v) is 20.1. The average Bonchev–Trinajstić information content (AvgIpc) is 2.86. The third kappa shape index (κ3) is 5.37. The maximum atomic E-state index is 15.2. The van der Waals surface area contributed by atoms with E-state index in [1.165, 1.54) is 6.07 Å². The lowest BCUT2D eigenvalue weighted by molar-refractivity contribution is -0.463. The number of alkyl halides is 17. The number of hydrogen-bond donors (Lipinski definition) is 0. The molecule has 20 heteroatoms. The zero-order valence-electron chi connectivity index (χ0n) is 20.1. The van der Waals surface area contributed by atoms with Crippen LogP contribution in [-0.4, -0.2) is 92.0 Å². The van der Waals surface area contributed by atoms with Gasteiger partial charge in [0.2, 0.25) is 0 Å². The van der Waals surface area contributed by atoms with Crippen molar-refractivity contribution in [2.45, 2.75) is 60.1 Å². The van der Waals surface area contributed by atoms with Crippen LogP contribution in [0.1, 0.15) is 5.56 Å². The molecule has 1 aliphatic heterocycles. The van der Waals surface area contributed by atoms with Crippen LogP contribution in [0.2, 0.25) is 0 Å². The van der Waals surface area contributed by atoms with Crippen molar-refractivity contribution in [1.29, 1.82) is 0 Å². The summed E-state index contributed by atoms with van der Waals surface area (Å²) in [6.45, 7) is -2.54. The maximum Gasteiger partial charge on any atom is 0.460 e. The Balaban J connectivity index is 2.66. The van der Waals surface area contributed by atoms with Crippen molar-refractivity contribution >= 4 is 0 Å². The van der Waals surface area contributed by atoms with Gasteiger partial charge in [0.15, 0.2) is 0 Å². The first-order valence-corrected chi connectivity index (χ1v) is 10.9. The normalized spacial score (nSPS) is 18.4. The topological polar surface area (TPSA) is 21.7 Å². The Bertz CT molecular complexity index is 1050. The van der Waals surface area contributed by atoms with Gasteiger partial charge >= 0.3 is 47.6 Å². The number of halogens is 17. The second kappa shape index (κ2) is 10.8. The van der Waals surface area contributed by atoms with Crippen molar-refractivity contribution in [1.82, 2.24) is 4.90 Å². The molecule has 1 saturated heterocycles. The number of rotatable bonds is 11. The predicted molar refractivity (Wildman–Crippen MR) is 104 cm³/mol. The summed E-state index contributed by atoms with van der Waals surface area (Å²) in [6.07, 6.45) is -9.21. The van der Waals surface area contributed by atoms with Crippen molar-refractivity contribution < 1.29 is 84.1 Å². The lowest BCUT2D eigenvalue weighted by Gasteiger charge is -2.46. The number of nitrogens with zero attached hydrogens (tertiary/aromatic N) is 1. The molecule has 1 heterocycles. The Labute approximate surface area is 219 Å². The molecular weight excluding hydrogens is 621 g/mol. The van der Waals surface area contributed by atoms with E-state index < -0.39 is 92.0 Å². The van der Waals surface area contributed by atoms with E-state index in [9.17, 15) is 65.9 Å². The highest BCUT2D eigenvalue weighted by Crippen LogP contribution is 2.64. The van der Waals surface area contributed by atoms with Crippen molar-refractivity contribution in [2.24, 2.45) is 0 Å². The largest absolute Gasteiger partial charge is 0.497 e. The summed E-state index contributed by atoms with van der Waals surface area (Å²) in [5.41, 5.74) is -0.395. The van der Waals surface area contributed by atoms with Crippen LogP contribution in [0.4, 0.5) is 74.6 Å². The molecule has 1 aliphatic rings. The fourth-order valence-corrected chi connectivity index (χ4v) is 3.78.